The first-order valence-corrected chi connectivity index (χ1v) is 12.4. The van der Waals surface area contributed by atoms with Crippen LogP contribution >= 0.6 is 0 Å². The summed E-state index contributed by atoms with van der Waals surface area (Å²) in [7, 11) is 1.82. The van der Waals surface area contributed by atoms with E-state index in [1.807, 2.05) is 20.2 Å². The fourth-order valence-corrected chi connectivity index (χ4v) is 4.41. The van der Waals surface area contributed by atoms with Crippen molar-refractivity contribution in [3.05, 3.63) is 73.2 Å². The summed E-state index contributed by atoms with van der Waals surface area (Å²) in [4.78, 5) is 33.6. The predicted molar refractivity (Wildman–Crippen MR) is 144 cm³/mol. The Hall–Kier alpha value is -4.87. The van der Waals surface area contributed by atoms with Crippen LogP contribution < -0.4 is 15.0 Å². The molecule has 1 saturated heterocycles. The first-order chi connectivity index (χ1) is 18.8. The van der Waals surface area contributed by atoms with Crippen LogP contribution in [-0.4, -0.2) is 66.2 Å². The van der Waals surface area contributed by atoms with Crippen LogP contribution in [0, 0.1) is 12.7 Å². The second-order valence-corrected chi connectivity index (χ2v) is 9.22. The van der Waals surface area contributed by atoms with Gasteiger partial charge in [0.05, 0.1) is 11.9 Å². The summed E-state index contributed by atoms with van der Waals surface area (Å²) >= 11 is 0. The zero-order chi connectivity index (χ0) is 27.5. The second kappa shape index (κ2) is 10.9. The lowest BCUT2D eigenvalue weighted by molar-refractivity contribution is -0.128. The SMILES string of the molecule is C=CC(=O)N1CCN(c2nc(Nc3cnn(C)c3)ncc2-c2ccc(Oc3nccc(C)n3)c(F)c2)C[C@H]1C. The normalized spacial score (nSPS) is 15.2. The number of anilines is 3. The van der Waals surface area contributed by atoms with Gasteiger partial charge in [-0.2, -0.15) is 10.1 Å². The molecular weight excluding hydrogens is 501 g/mol. The number of halogens is 1. The molecule has 1 fully saturated rings. The minimum Gasteiger partial charge on any atom is -0.421 e. The lowest BCUT2D eigenvalue weighted by atomic mass is 10.1. The van der Waals surface area contributed by atoms with Gasteiger partial charge in [0, 0.05) is 62.6 Å². The van der Waals surface area contributed by atoms with Crippen molar-refractivity contribution in [3.63, 3.8) is 0 Å². The van der Waals surface area contributed by atoms with Gasteiger partial charge in [0.25, 0.3) is 0 Å². The first kappa shape index (κ1) is 25.8. The molecule has 1 amide bonds. The fourth-order valence-electron chi connectivity index (χ4n) is 4.41. The van der Waals surface area contributed by atoms with E-state index in [-0.39, 0.29) is 23.7 Å². The van der Waals surface area contributed by atoms with Crippen LogP contribution in [0.3, 0.4) is 0 Å². The zero-order valence-electron chi connectivity index (χ0n) is 21.9. The van der Waals surface area contributed by atoms with E-state index in [0.29, 0.717) is 48.2 Å². The van der Waals surface area contributed by atoms with Crippen LogP contribution in [0.2, 0.25) is 0 Å². The van der Waals surface area contributed by atoms with Gasteiger partial charge in [-0.1, -0.05) is 12.6 Å². The van der Waals surface area contributed by atoms with Crippen LogP contribution in [-0.2, 0) is 11.8 Å². The van der Waals surface area contributed by atoms with Gasteiger partial charge < -0.3 is 19.9 Å². The molecule has 1 aromatic carbocycles. The van der Waals surface area contributed by atoms with Gasteiger partial charge in [-0.25, -0.2) is 19.3 Å². The molecule has 0 bridgehead atoms. The predicted octanol–water partition coefficient (Wildman–Crippen LogP) is 3.87. The molecular formula is C27H28FN9O2. The molecule has 0 saturated carbocycles. The molecule has 0 radical (unpaired) electrons. The number of nitrogens with one attached hydrogen (secondary N) is 1. The van der Waals surface area contributed by atoms with Crippen LogP contribution in [0.15, 0.2) is 61.7 Å². The molecule has 1 N–H and O–H groups in total. The molecule has 0 unspecified atom stereocenters. The van der Waals surface area contributed by atoms with E-state index >= 15 is 4.39 Å². The Kier molecular flexibility index (Phi) is 7.17. The topological polar surface area (TPSA) is 114 Å². The third kappa shape index (κ3) is 5.69. The summed E-state index contributed by atoms with van der Waals surface area (Å²) in [5.74, 6) is 0.307. The van der Waals surface area contributed by atoms with E-state index in [9.17, 15) is 4.79 Å². The number of rotatable bonds is 7. The van der Waals surface area contributed by atoms with Crippen LogP contribution in [0.4, 0.5) is 21.8 Å². The maximum absolute atomic E-state index is 15.2. The monoisotopic (exact) mass is 529 g/mol. The Morgan fingerprint density at radius 1 is 1.21 bits per heavy atom. The average Bonchev–Trinajstić information content (AvgIpc) is 3.33. The molecule has 3 aromatic heterocycles. The quantitative estimate of drug-likeness (QED) is 0.356. The highest BCUT2D eigenvalue weighted by molar-refractivity contribution is 5.87. The number of carbonyl (C=O) groups is 1. The third-order valence-corrected chi connectivity index (χ3v) is 6.33. The van der Waals surface area contributed by atoms with Crippen molar-refractivity contribution in [2.45, 2.75) is 19.9 Å². The molecule has 4 heterocycles. The summed E-state index contributed by atoms with van der Waals surface area (Å²) in [5, 5.41) is 7.33. The Bertz CT molecular complexity index is 1520. The molecule has 1 atom stereocenters. The molecule has 0 spiro atoms. The molecule has 200 valence electrons. The van der Waals surface area contributed by atoms with E-state index in [2.05, 4.69) is 36.8 Å². The summed E-state index contributed by atoms with van der Waals surface area (Å²) in [5.41, 5.74) is 2.66. The number of aryl methyl sites for hydroxylation is 2. The molecule has 1 aliphatic rings. The number of nitrogens with zero attached hydrogens (tertiary/aromatic N) is 8. The number of piperazine rings is 1. The van der Waals surface area contributed by atoms with Gasteiger partial charge in [-0.05, 0) is 43.7 Å². The van der Waals surface area contributed by atoms with Crippen molar-refractivity contribution in [3.8, 4) is 22.9 Å². The summed E-state index contributed by atoms with van der Waals surface area (Å²) in [6, 6.07) is 6.37. The van der Waals surface area contributed by atoms with E-state index in [0.717, 1.165) is 5.69 Å². The number of aromatic nitrogens is 6. The van der Waals surface area contributed by atoms with Gasteiger partial charge in [0.15, 0.2) is 11.6 Å². The maximum Gasteiger partial charge on any atom is 0.322 e. The highest BCUT2D eigenvalue weighted by Gasteiger charge is 2.29. The number of hydrogen-bond donors (Lipinski definition) is 1. The smallest absolute Gasteiger partial charge is 0.322 e. The lowest BCUT2D eigenvalue weighted by Gasteiger charge is -2.40. The van der Waals surface area contributed by atoms with Crippen LogP contribution in [0.25, 0.3) is 11.1 Å². The fraction of sp³-hybridized carbons (Fsp3) is 0.259. The molecule has 4 aromatic rings. The Balaban J connectivity index is 1.48. The molecule has 0 aliphatic carbocycles. The van der Waals surface area contributed by atoms with Crippen molar-refractivity contribution in [1.29, 1.82) is 0 Å². The van der Waals surface area contributed by atoms with Crippen molar-refractivity contribution in [1.82, 2.24) is 34.6 Å². The highest BCUT2D eigenvalue weighted by Crippen LogP contribution is 2.34. The van der Waals surface area contributed by atoms with Gasteiger partial charge >= 0.3 is 6.01 Å². The van der Waals surface area contributed by atoms with Crippen molar-refractivity contribution < 1.29 is 13.9 Å². The number of hydrogen-bond acceptors (Lipinski definition) is 9. The van der Waals surface area contributed by atoms with Crippen molar-refractivity contribution >= 4 is 23.4 Å². The van der Waals surface area contributed by atoms with E-state index in [1.54, 1.807) is 47.2 Å². The molecule has 1 aliphatic heterocycles. The minimum atomic E-state index is -0.573. The van der Waals surface area contributed by atoms with E-state index < -0.39 is 5.82 Å². The number of ether oxygens (including phenoxy) is 1. The maximum atomic E-state index is 15.2. The standard InChI is InChI=1S/C27H28FN9O2/c1-5-24(38)37-11-10-36(15-18(37)3)25-21(14-30-26(34-25)33-20-13-31-35(4)16-20)19-6-7-23(22(28)12-19)39-27-29-9-8-17(2)32-27/h5-9,12-14,16,18H,1,10-11,15H2,2-4H3,(H,30,33,34)/t18-/m1/s1. The van der Waals surface area contributed by atoms with Gasteiger partial charge in [-0.15, -0.1) is 0 Å². The Labute approximate surface area is 225 Å². The molecule has 39 heavy (non-hydrogen) atoms. The summed E-state index contributed by atoms with van der Waals surface area (Å²) < 4.78 is 22.4. The molecule has 5 rings (SSSR count). The van der Waals surface area contributed by atoms with Gasteiger partial charge in [0.2, 0.25) is 11.9 Å². The summed E-state index contributed by atoms with van der Waals surface area (Å²) in [6.45, 7) is 8.95. The largest absolute Gasteiger partial charge is 0.421 e. The number of carbonyl (C=O) groups excluding carboxylic acids is 1. The number of benzene rings is 1. The zero-order valence-corrected chi connectivity index (χ0v) is 21.9. The van der Waals surface area contributed by atoms with Crippen molar-refractivity contribution in [2.24, 2.45) is 7.05 Å². The lowest BCUT2D eigenvalue weighted by Crippen LogP contribution is -2.54. The average molecular weight is 530 g/mol. The minimum absolute atomic E-state index is 0.00635. The van der Waals surface area contributed by atoms with Crippen LogP contribution in [0.5, 0.6) is 11.8 Å². The van der Waals surface area contributed by atoms with Gasteiger partial charge in [0.1, 0.15) is 5.82 Å². The molecule has 11 nitrogen and oxygen atoms in total. The van der Waals surface area contributed by atoms with Crippen LogP contribution in [0.1, 0.15) is 12.6 Å². The first-order valence-electron chi connectivity index (χ1n) is 12.4. The Morgan fingerprint density at radius 3 is 2.74 bits per heavy atom. The van der Waals surface area contributed by atoms with E-state index in [1.165, 1.54) is 18.2 Å². The molecule has 12 heteroatoms. The summed E-state index contributed by atoms with van der Waals surface area (Å²) in [6.07, 6.45) is 8.02. The van der Waals surface area contributed by atoms with Crippen molar-refractivity contribution in [2.75, 3.05) is 29.9 Å². The number of amides is 1. The highest BCUT2D eigenvalue weighted by atomic mass is 19.1. The third-order valence-electron chi connectivity index (χ3n) is 6.33. The van der Waals surface area contributed by atoms with Gasteiger partial charge in [-0.3, -0.25) is 9.48 Å². The Morgan fingerprint density at radius 2 is 2.05 bits per heavy atom. The van der Waals surface area contributed by atoms with E-state index in [4.69, 9.17) is 9.72 Å². The second-order valence-electron chi connectivity index (χ2n) is 9.22.